The van der Waals surface area contributed by atoms with E-state index >= 15 is 0 Å². The van der Waals surface area contributed by atoms with E-state index in [1.165, 1.54) is 0 Å². The summed E-state index contributed by atoms with van der Waals surface area (Å²) in [4.78, 5) is 27.7. The van der Waals surface area contributed by atoms with E-state index in [2.05, 4.69) is 10.2 Å². The van der Waals surface area contributed by atoms with Gasteiger partial charge in [-0.25, -0.2) is 0 Å². The second kappa shape index (κ2) is 6.10. The Morgan fingerprint density at radius 1 is 1.25 bits per heavy atom. The molecule has 0 saturated carbocycles. The van der Waals surface area contributed by atoms with Gasteiger partial charge in [-0.1, -0.05) is 0 Å². The highest BCUT2D eigenvalue weighted by Gasteiger charge is 2.42. The number of piperazine rings is 1. The largest absolute Gasteiger partial charge is 0.481 e. The van der Waals surface area contributed by atoms with E-state index in [9.17, 15) is 9.59 Å². The van der Waals surface area contributed by atoms with Gasteiger partial charge < -0.3 is 15.3 Å². The highest BCUT2D eigenvalue weighted by Crippen LogP contribution is 2.26. The molecule has 2 aliphatic heterocycles. The van der Waals surface area contributed by atoms with Gasteiger partial charge in [0.25, 0.3) is 0 Å². The molecule has 0 aromatic heterocycles. The number of carbonyl (C=O) groups excluding carboxylic acids is 1. The minimum Gasteiger partial charge on any atom is -0.481 e. The van der Waals surface area contributed by atoms with Gasteiger partial charge in [0.05, 0.1) is 12.0 Å². The molecule has 6 nitrogen and oxygen atoms in total. The van der Waals surface area contributed by atoms with Crippen molar-refractivity contribution in [1.29, 1.82) is 0 Å². The summed E-state index contributed by atoms with van der Waals surface area (Å²) in [6.07, 6.45) is 1.76. The summed E-state index contributed by atoms with van der Waals surface area (Å²) in [5.41, 5.74) is -0.552. The predicted molar refractivity (Wildman–Crippen MR) is 75.5 cm³/mol. The third-order valence-corrected chi connectivity index (χ3v) is 4.48. The Labute approximate surface area is 120 Å². The molecule has 0 bridgehead atoms. The van der Waals surface area contributed by atoms with Gasteiger partial charge in [0.15, 0.2) is 0 Å². The van der Waals surface area contributed by atoms with Crippen molar-refractivity contribution in [2.24, 2.45) is 0 Å². The van der Waals surface area contributed by atoms with Gasteiger partial charge in [-0.15, -0.1) is 0 Å². The van der Waals surface area contributed by atoms with Crippen LogP contribution in [0.3, 0.4) is 0 Å². The fourth-order valence-corrected chi connectivity index (χ4v) is 3.23. The van der Waals surface area contributed by atoms with Gasteiger partial charge in [-0.3, -0.25) is 14.5 Å². The summed E-state index contributed by atoms with van der Waals surface area (Å²) >= 11 is 0. The summed E-state index contributed by atoms with van der Waals surface area (Å²) < 4.78 is 0. The van der Waals surface area contributed by atoms with Gasteiger partial charge in [0.2, 0.25) is 5.91 Å². The molecule has 0 aromatic rings. The van der Waals surface area contributed by atoms with Crippen LogP contribution in [-0.2, 0) is 9.59 Å². The third kappa shape index (κ3) is 3.12. The molecule has 1 amide bonds. The van der Waals surface area contributed by atoms with E-state index in [0.717, 1.165) is 39.0 Å². The number of aliphatic carboxylic acids is 1. The van der Waals surface area contributed by atoms with Crippen LogP contribution < -0.4 is 5.32 Å². The Morgan fingerprint density at radius 2 is 1.90 bits per heavy atom. The maximum atomic E-state index is 12.8. The van der Waals surface area contributed by atoms with Crippen molar-refractivity contribution in [3.63, 3.8) is 0 Å². The van der Waals surface area contributed by atoms with E-state index in [4.69, 9.17) is 5.11 Å². The first-order chi connectivity index (χ1) is 9.43. The Balaban J connectivity index is 2.06. The highest BCUT2D eigenvalue weighted by molar-refractivity contribution is 5.86. The van der Waals surface area contributed by atoms with Gasteiger partial charge in [-0.2, -0.15) is 0 Å². The maximum absolute atomic E-state index is 12.8. The number of hydrogen-bond donors (Lipinski definition) is 2. The molecule has 2 saturated heterocycles. The summed E-state index contributed by atoms with van der Waals surface area (Å²) in [5, 5.41) is 12.3. The molecule has 2 rings (SSSR count). The number of carboxylic acids is 1. The number of carbonyl (C=O) groups is 2. The zero-order valence-corrected chi connectivity index (χ0v) is 12.4. The van der Waals surface area contributed by atoms with Crippen LogP contribution in [0.25, 0.3) is 0 Å². The molecule has 0 radical (unpaired) electrons. The van der Waals surface area contributed by atoms with Crippen LogP contribution >= 0.6 is 0 Å². The third-order valence-electron chi connectivity index (χ3n) is 4.48. The summed E-state index contributed by atoms with van der Waals surface area (Å²) in [6.45, 7) is 8.11. The van der Waals surface area contributed by atoms with Gasteiger partial charge in [-0.05, 0) is 26.7 Å². The smallest absolute Gasteiger partial charge is 0.305 e. The van der Waals surface area contributed by atoms with Crippen LogP contribution in [-0.4, -0.2) is 71.1 Å². The average molecular weight is 283 g/mol. The van der Waals surface area contributed by atoms with E-state index < -0.39 is 11.5 Å². The Bertz CT molecular complexity index is 378. The molecule has 1 unspecified atom stereocenters. The van der Waals surface area contributed by atoms with Gasteiger partial charge in [0.1, 0.15) is 0 Å². The summed E-state index contributed by atoms with van der Waals surface area (Å²) in [6, 6.07) is -0.137. The minimum atomic E-state index is -0.824. The second-order valence-corrected chi connectivity index (χ2v) is 6.19. The molecule has 0 spiro atoms. The summed E-state index contributed by atoms with van der Waals surface area (Å²) in [7, 11) is 0. The maximum Gasteiger partial charge on any atom is 0.305 e. The molecular formula is C14H25N3O3. The normalized spacial score (nSPS) is 24.9. The minimum absolute atomic E-state index is 0.0589. The molecule has 6 heteroatoms. The molecule has 114 valence electrons. The van der Waals surface area contributed by atoms with E-state index in [1.807, 2.05) is 13.8 Å². The van der Waals surface area contributed by atoms with Gasteiger partial charge >= 0.3 is 5.97 Å². The number of hydrogen-bond acceptors (Lipinski definition) is 4. The predicted octanol–water partition coefficient (Wildman–Crippen LogP) is 0.136. The van der Waals surface area contributed by atoms with E-state index in [1.54, 1.807) is 4.90 Å². The Morgan fingerprint density at radius 3 is 2.50 bits per heavy atom. The van der Waals surface area contributed by atoms with E-state index in [-0.39, 0.29) is 18.4 Å². The van der Waals surface area contributed by atoms with Crippen molar-refractivity contribution < 1.29 is 14.7 Å². The molecule has 2 N–H and O–H groups in total. The Hall–Kier alpha value is -1.14. The van der Waals surface area contributed by atoms with Crippen molar-refractivity contribution in [1.82, 2.24) is 15.1 Å². The molecule has 2 heterocycles. The number of nitrogens with zero attached hydrogens (tertiary/aromatic N) is 2. The van der Waals surface area contributed by atoms with Crippen LogP contribution in [0.5, 0.6) is 0 Å². The zero-order chi connectivity index (χ0) is 14.8. The molecule has 1 atom stereocenters. The fraction of sp³-hybridized carbons (Fsp3) is 0.857. The van der Waals surface area contributed by atoms with Crippen molar-refractivity contribution in [3.05, 3.63) is 0 Å². The van der Waals surface area contributed by atoms with Gasteiger partial charge in [0, 0.05) is 38.8 Å². The van der Waals surface area contributed by atoms with Crippen molar-refractivity contribution >= 4 is 11.9 Å². The monoisotopic (exact) mass is 283 g/mol. The molecule has 0 aliphatic carbocycles. The van der Waals surface area contributed by atoms with Crippen molar-refractivity contribution in [2.45, 2.75) is 44.7 Å². The molecule has 20 heavy (non-hydrogen) atoms. The van der Waals surface area contributed by atoms with Crippen LogP contribution in [0.2, 0.25) is 0 Å². The SMILES string of the molecule is CC(C)(C(=O)N1CCCC1CC(=O)O)N1CCNCC1. The lowest BCUT2D eigenvalue weighted by molar-refractivity contribution is -0.146. The fourth-order valence-electron chi connectivity index (χ4n) is 3.23. The molecule has 2 fully saturated rings. The van der Waals surface area contributed by atoms with Crippen LogP contribution in [0.1, 0.15) is 33.1 Å². The molecular weight excluding hydrogens is 258 g/mol. The first kappa shape index (κ1) is 15.3. The first-order valence-electron chi connectivity index (χ1n) is 7.41. The number of carboxylic acid groups (broad SMARTS) is 1. The number of rotatable bonds is 4. The van der Waals surface area contributed by atoms with Crippen molar-refractivity contribution in [2.75, 3.05) is 32.7 Å². The molecule has 2 aliphatic rings. The highest BCUT2D eigenvalue weighted by atomic mass is 16.4. The standard InChI is InChI=1S/C14H25N3O3/c1-14(2,16-8-5-15-6-9-16)13(20)17-7-3-4-11(17)10-12(18)19/h11,15H,3-10H2,1-2H3,(H,18,19). The average Bonchev–Trinajstić information content (AvgIpc) is 2.86. The van der Waals surface area contributed by atoms with Crippen LogP contribution in [0.4, 0.5) is 0 Å². The number of amides is 1. The number of likely N-dealkylation sites (tertiary alicyclic amines) is 1. The second-order valence-electron chi connectivity index (χ2n) is 6.19. The Kier molecular flexibility index (Phi) is 4.65. The van der Waals surface area contributed by atoms with E-state index in [0.29, 0.717) is 6.54 Å². The topological polar surface area (TPSA) is 72.9 Å². The lowest BCUT2D eigenvalue weighted by Gasteiger charge is -2.42. The number of nitrogens with one attached hydrogen (secondary N) is 1. The lowest BCUT2D eigenvalue weighted by atomic mass is 9.98. The zero-order valence-electron chi connectivity index (χ0n) is 12.4. The first-order valence-corrected chi connectivity index (χ1v) is 7.41. The lowest BCUT2D eigenvalue weighted by Crippen LogP contribution is -2.61. The molecule has 0 aromatic carbocycles. The van der Waals surface area contributed by atoms with Crippen LogP contribution in [0.15, 0.2) is 0 Å². The van der Waals surface area contributed by atoms with Crippen molar-refractivity contribution in [3.8, 4) is 0 Å². The quantitative estimate of drug-likeness (QED) is 0.767. The summed E-state index contributed by atoms with van der Waals surface area (Å²) in [5.74, 6) is -0.752. The van der Waals surface area contributed by atoms with Crippen LogP contribution in [0, 0.1) is 0 Å².